The molecule has 1 aromatic rings. The zero-order valence-electron chi connectivity index (χ0n) is 9.44. The van der Waals surface area contributed by atoms with Crippen molar-refractivity contribution in [1.29, 1.82) is 0 Å². The Bertz CT molecular complexity index is 382. The predicted octanol–water partition coefficient (Wildman–Crippen LogP) is 1.000. The van der Waals surface area contributed by atoms with Gasteiger partial charge in [0.25, 0.3) is 0 Å². The van der Waals surface area contributed by atoms with Gasteiger partial charge in [-0.1, -0.05) is 0 Å². The van der Waals surface area contributed by atoms with Crippen LogP contribution in [0.15, 0.2) is 12.4 Å². The van der Waals surface area contributed by atoms with Crippen molar-refractivity contribution in [2.45, 2.75) is 44.8 Å². The van der Waals surface area contributed by atoms with Crippen molar-refractivity contribution in [2.75, 3.05) is 0 Å². The highest BCUT2D eigenvalue weighted by molar-refractivity contribution is 5.79. The molecule has 0 saturated heterocycles. The summed E-state index contributed by atoms with van der Waals surface area (Å²) < 4.78 is 1.84. The molecule has 0 unspecified atom stereocenters. The van der Waals surface area contributed by atoms with Crippen LogP contribution >= 0.6 is 0 Å². The number of carboxylic acids is 1. The van der Waals surface area contributed by atoms with Crippen LogP contribution in [-0.2, 0) is 17.9 Å². The van der Waals surface area contributed by atoms with Gasteiger partial charge in [-0.05, 0) is 26.2 Å². The molecule has 1 aliphatic carbocycles. The number of rotatable bonds is 5. The summed E-state index contributed by atoms with van der Waals surface area (Å²) in [5, 5.41) is 16.4. The summed E-state index contributed by atoms with van der Waals surface area (Å²) in [6.07, 6.45) is 6.17. The van der Waals surface area contributed by atoms with Gasteiger partial charge in [0.15, 0.2) is 0 Å². The Morgan fingerprint density at radius 3 is 2.88 bits per heavy atom. The lowest BCUT2D eigenvalue weighted by molar-refractivity contribution is -0.148. The number of hydrogen-bond donors (Lipinski definition) is 2. The zero-order chi connectivity index (χ0) is 11.6. The van der Waals surface area contributed by atoms with Gasteiger partial charge in [0.2, 0.25) is 0 Å². The van der Waals surface area contributed by atoms with E-state index in [1.165, 1.54) is 0 Å². The Balaban J connectivity index is 1.93. The highest BCUT2D eigenvalue weighted by atomic mass is 16.4. The molecule has 0 atom stereocenters. The van der Waals surface area contributed by atoms with Gasteiger partial charge in [0.1, 0.15) is 5.54 Å². The molecule has 1 aromatic heterocycles. The lowest BCUT2D eigenvalue weighted by Crippen LogP contribution is -2.56. The predicted molar refractivity (Wildman–Crippen MR) is 59.0 cm³/mol. The van der Waals surface area contributed by atoms with E-state index in [2.05, 4.69) is 10.4 Å². The van der Waals surface area contributed by atoms with Crippen molar-refractivity contribution < 1.29 is 9.90 Å². The zero-order valence-corrected chi connectivity index (χ0v) is 9.44. The van der Waals surface area contributed by atoms with Crippen LogP contribution in [0.5, 0.6) is 0 Å². The van der Waals surface area contributed by atoms with Gasteiger partial charge in [-0.3, -0.25) is 14.8 Å². The van der Waals surface area contributed by atoms with Gasteiger partial charge >= 0.3 is 5.97 Å². The van der Waals surface area contributed by atoms with E-state index >= 15 is 0 Å². The van der Waals surface area contributed by atoms with Crippen LogP contribution < -0.4 is 5.32 Å². The van der Waals surface area contributed by atoms with E-state index in [9.17, 15) is 4.79 Å². The lowest BCUT2D eigenvalue weighted by atomic mass is 9.77. The standard InChI is InChI=1S/C11H17N3O2/c1-2-14-8-9(7-13-14)6-12-11(10(15)16)4-3-5-11/h7-8,12H,2-6H2,1H3,(H,15,16). The smallest absolute Gasteiger partial charge is 0.323 e. The van der Waals surface area contributed by atoms with Crippen LogP contribution in [0.1, 0.15) is 31.7 Å². The summed E-state index contributed by atoms with van der Waals surface area (Å²) in [5.74, 6) is -0.735. The minimum atomic E-state index is -0.735. The number of carboxylic acid groups (broad SMARTS) is 1. The van der Waals surface area contributed by atoms with E-state index in [1.54, 1.807) is 6.20 Å². The fourth-order valence-corrected chi connectivity index (χ4v) is 1.94. The Kier molecular flexibility index (Phi) is 2.96. The monoisotopic (exact) mass is 223 g/mol. The van der Waals surface area contributed by atoms with Crippen molar-refractivity contribution in [3.8, 4) is 0 Å². The van der Waals surface area contributed by atoms with Crippen LogP contribution in [0.3, 0.4) is 0 Å². The third-order valence-corrected chi connectivity index (χ3v) is 3.26. The number of nitrogens with one attached hydrogen (secondary N) is 1. The Morgan fingerprint density at radius 2 is 2.44 bits per heavy atom. The highest BCUT2D eigenvalue weighted by Crippen LogP contribution is 2.32. The molecule has 1 heterocycles. The molecule has 16 heavy (non-hydrogen) atoms. The largest absolute Gasteiger partial charge is 0.480 e. The maximum Gasteiger partial charge on any atom is 0.323 e. The normalized spacial score (nSPS) is 18.1. The molecule has 0 aliphatic heterocycles. The summed E-state index contributed by atoms with van der Waals surface area (Å²) >= 11 is 0. The van der Waals surface area contributed by atoms with Crippen molar-refractivity contribution >= 4 is 5.97 Å². The maximum absolute atomic E-state index is 11.1. The summed E-state index contributed by atoms with van der Waals surface area (Å²) in [5.41, 5.74) is 0.350. The molecular formula is C11H17N3O2. The molecule has 1 aliphatic rings. The first-order valence-electron chi connectivity index (χ1n) is 5.66. The second kappa shape index (κ2) is 4.25. The van der Waals surface area contributed by atoms with E-state index in [0.717, 1.165) is 31.4 Å². The van der Waals surface area contributed by atoms with E-state index in [-0.39, 0.29) is 0 Å². The van der Waals surface area contributed by atoms with Gasteiger partial charge in [0.05, 0.1) is 6.20 Å². The quantitative estimate of drug-likeness (QED) is 0.781. The van der Waals surface area contributed by atoms with E-state index < -0.39 is 11.5 Å². The minimum absolute atomic E-state index is 0.576. The first kappa shape index (κ1) is 11.1. The van der Waals surface area contributed by atoms with Crippen LogP contribution in [-0.4, -0.2) is 26.4 Å². The number of nitrogens with zero attached hydrogens (tertiary/aromatic N) is 2. The van der Waals surface area contributed by atoms with Gasteiger partial charge in [-0.25, -0.2) is 0 Å². The first-order chi connectivity index (χ1) is 7.66. The fourth-order valence-electron chi connectivity index (χ4n) is 1.94. The van der Waals surface area contributed by atoms with E-state index in [1.807, 2.05) is 17.8 Å². The second-order valence-corrected chi connectivity index (χ2v) is 4.30. The molecule has 88 valence electrons. The molecular weight excluding hydrogens is 206 g/mol. The van der Waals surface area contributed by atoms with Crippen LogP contribution in [0.4, 0.5) is 0 Å². The molecule has 2 N–H and O–H groups in total. The van der Waals surface area contributed by atoms with Gasteiger partial charge in [-0.2, -0.15) is 5.10 Å². The van der Waals surface area contributed by atoms with Crippen molar-refractivity contribution in [3.05, 3.63) is 18.0 Å². The fraction of sp³-hybridized carbons (Fsp3) is 0.636. The van der Waals surface area contributed by atoms with Gasteiger partial charge < -0.3 is 5.11 Å². The summed E-state index contributed by atoms with van der Waals surface area (Å²) in [7, 11) is 0. The van der Waals surface area contributed by atoms with Crippen molar-refractivity contribution in [1.82, 2.24) is 15.1 Å². The van der Waals surface area contributed by atoms with Gasteiger partial charge in [-0.15, -0.1) is 0 Å². The molecule has 5 heteroatoms. The highest BCUT2D eigenvalue weighted by Gasteiger charge is 2.43. The SMILES string of the molecule is CCn1cc(CNC2(C(=O)O)CCC2)cn1. The number of aliphatic carboxylic acids is 1. The topological polar surface area (TPSA) is 67.2 Å². The number of aryl methyl sites for hydroxylation is 1. The van der Waals surface area contributed by atoms with Crippen molar-refractivity contribution in [3.63, 3.8) is 0 Å². The average molecular weight is 223 g/mol. The number of hydrogen-bond acceptors (Lipinski definition) is 3. The van der Waals surface area contributed by atoms with Crippen LogP contribution in [0, 0.1) is 0 Å². The molecule has 0 spiro atoms. The Morgan fingerprint density at radius 1 is 1.69 bits per heavy atom. The third kappa shape index (κ3) is 1.95. The molecule has 2 rings (SSSR count). The van der Waals surface area contributed by atoms with Crippen LogP contribution in [0.25, 0.3) is 0 Å². The van der Waals surface area contributed by atoms with E-state index in [0.29, 0.717) is 6.54 Å². The molecule has 0 amide bonds. The molecule has 5 nitrogen and oxygen atoms in total. The second-order valence-electron chi connectivity index (χ2n) is 4.30. The summed E-state index contributed by atoms with van der Waals surface area (Å²) in [6, 6.07) is 0. The summed E-state index contributed by atoms with van der Waals surface area (Å²) in [6.45, 7) is 3.44. The molecule has 0 radical (unpaired) electrons. The third-order valence-electron chi connectivity index (χ3n) is 3.26. The molecule has 0 bridgehead atoms. The molecule has 1 saturated carbocycles. The lowest BCUT2D eigenvalue weighted by Gasteiger charge is -2.38. The molecule has 1 fully saturated rings. The maximum atomic E-state index is 11.1. The van der Waals surface area contributed by atoms with E-state index in [4.69, 9.17) is 5.11 Å². The Hall–Kier alpha value is -1.36. The summed E-state index contributed by atoms with van der Waals surface area (Å²) in [4.78, 5) is 11.1. The molecule has 0 aromatic carbocycles. The average Bonchev–Trinajstić information content (AvgIpc) is 2.63. The van der Waals surface area contributed by atoms with Crippen molar-refractivity contribution in [2.24, 2.45) is 0 Å². The van der Waals surface area contributed by atoms with Gasteiger partial charge in [0, 0.05) is 24.8 Å². The number of carbonyl (C=O) groups is 1. The Labute approximate surface area is 94.5 Å². The minimum Gasteiger partial charge on any atom is -0.480 e. The first-order valence-corrected chi connectivity index (χ1v) is 5.66. The number of aromatic nitrogens is 2. The van der Waals surface area contributed by atoms with Crippen LogP contribution in [0.2, 0.25) is 0 Å².